The molecule has 1 atom stereocenters. The first kappa shape index (κ1) is 7.66. The normalized spacial score (nSPS) is 24.2. The second-order valence-electron chi connectivity index (χ2n) is 2.14. The van der Waals surface area contributed by atoms with Gasteiger partial charge in [0, 0.05) is 4.48 Å². The smallest absolute Gasteiger partial charge is 0.188 e. The third-order valence-corrected chi connectivity index (χ3v) is 1.97. The molecule has 1 aliphatic rings. The number of nitrogens with one attached hydrogen (secondary N) is 1. The topological polar surface area (TPSA) is 23.9 Å². The minimum atomic E-state index is -0.757. The molecule has 0 saturated carbocycles. The van der Waals surface area contributed by atoms with E-state index in [9.17, 15) is 4.39 Å². The molecule has 10 heavy (non-hydrogen) atoms. The van der Waals surface area contributed by atoms with Crippen molar-refractivity contribution in [2.75, 3.05) is 0 Å². The Hall–Kier alpha value is -0.440. The van der Waals surface area contributed by atoms with Gasteiger partial charge in [0.1, 0.15) is 0 Å². The molecule has 0 amide bonds. The Labute approximate surface area is 67.3 Å². The number of allylic oxidation sites excluding steroid dienone is 4. The van der Waals surface area contributed by atoms with Gasteiger partial charge in [-0.2, -0.15) is 4.39 Å². The molecule has 0 bridgehead atoms. The van der Waals surface area contributed by atoms with Crippen molar-refractivity contribution in [2.24, 2.45) is 5.92 Å². The summed E-state index contributed by atoms with van der Waals surface area (Å²) < 4.78 is 13.2. The van der Waals surface area contributed by atoms with E-state index in [0.29, 0.717) is 6.42 Å². The van der Waals surface area contributed by atoms with Crippen molar-refractivity contribution in [2.45, 2.75) is 6.42 Å². The summed E-state index contributed by atoms with van der Waals surface area (Å²) >= 11 is 3.25. The van der Waals surface area contributed by atoms with Crippen LogP contribution in [0.5, 0.6) is 0 Å². The highest BCUT2D eigenvalue weighted by atomic mass is 79.9. The van der Waals surface area contributed by atoms with Gasteiger partial charge in [0.2, 0.25) is 0 Å². The van der Waals surface area contributed by atoms with E-state index in [1.165, 1.54) is 0 Å². The molecule has 0 aromatic carbocycles. The Bertz CT molecular complexity index is 208. The van der Waals surface area contributed by atoms with Crippen LogP contribution in [0.2, 0.25) is 0 Å². The van der Waals surface area contributed by atoms with Crippen LogP contribution in [-0.2, 0) is 0 Å². The zero-order valence-electron chi connectivity index (χ0n) is 5.27. The van der Waals surface area contributed by atoms with E-state index in [-0.39, 0.29) is 5.92 Å². The maximum absolute atomic E-state index is 12.2. The third kappa shape index (κ3) is 1.77. The first-order valence-corrected chi connectivity index (χ1v) is 3.77. The van der Waals surface area contributed by atoms with Gasteiger partial charge in [-0.05, 0) is 6.42 Å². The second-order valence-corrected chi connectivity index (χ2v) is 3.05. The summed E-state index contributed by atoms with van der Waals surface area (Å²) in [5, 5.41) is 6.69. The Morgan fingerprint density at radius 3 is 2.90 bits per heavy atom. The van der Waals surface area contributed by atoms with Gasteiger partial charge in [-0.15, -0.1) is 0 Å². The number of hydrogen-bond donors (Lipinski definition) is 1. The molecular weight excluding hydrogens is 197 g/mol. The average molecular weight is 204 g/mol. The number of hydrogen-bond acceptors (Lipinski definition) is 1. The summed E-state index contributed by atoms with van der Waals surface area (Å²) in [6.45, 7) is 0. The molecule has 1 N–H and O–H groups in total. The number of rotatable bonds is 1. The maximum atomic E-state index is 12.2. The molecule has 0 radical (unpaired) electrons. The standard InChI is InChI=1S/C7H7BrFN/c8-6-3-1-5(2-4-6)7(9)10/h1,3-5,10H,2H2. The summed E-state index contributed by atoms with van der Waals surface area (Å²) in [7, 11) is 0. The minimum absolute atomic E-state index is 0.332. The summed E-state index contributed by atoms with van der Waals surface area (Å²) in [6.07, 6.45) is 5.90. The van der Waals surface area contributed by atoms with Crippen LogP contribution in [0.3, 0.4) is 0 Å². The van der Waals surface area contributed by atoms with Gasteiger partial charge in [-0.25, -0.2) is 0 Å². The average Bonchev–Trinajstić information content (AvgIpc) is 1.88. The van der Waals surface area contributed by atoms with Gasteiger partial charge < -0.3 is 0 Å². The van der Waals surface area contributed by atoms with Crippen molar-refractivity contribution in [3.63, 3.8) is 0 Å². The van der Waals surface area contributed by atoms with E-state index >= 15 is 0 Å². The zero-order chi connectivity index (χ0) is 7.56. The SMILES string of the molecule is N=C(F)C1C=CC(Br)=CC1. The quantitative estimate of drug-likeness (QED) is 0.635. The van der Waals surface area contributed by atoms with Crippen LogP contribution in [0.25, 0.3) is 0 Å². The molecular formula is C7H7BrFN. The molecule has 0 aliphatic heterocycles. The summed E-state index contributed by atoms with van der Waals surface area (Å²) in [6, 6.07) is 0. The molecule has 0 saturated heterocycles. The van der Waals surface area contributed by atoms with Gasteiger partial charge in [0.25, 0.3) is 0 Å². The highest BCUT2D eigenvalue weighted by molar-refractivity contribution is 9.11. The molecule has 0 spiro atoms. The first-order chi connectivity index (χ1) is 4.70. The van der Waals surface area contributed by atoms with Crippen LogP contribution in [0.4, 0.5) is 4.39 Å². The molecule has 1 rings (SSSR count). The fourth-order valence-corrected chi connectivity index (χ4v) is 1.12. The van der Waals surface area contributed by atoms with E-state index in [4.69, 9.17) is 5.41 Å². The van der Waals surface area contributed by atoms with Crippen molar-refractivity contribution in [3.05, 3.63) is 22.7 Å². The molecule has 0 heterocycles. The lowest BCUT2D eigenvalue weighted by Crippen LogP contribution is -2.06. The van der Waals surface area contributed by atoms with Crippen LogP contribution >= 0.6 is 15.9 Å². The zero-order valence-corrected chi connectivity index (χ0v) is 6.86. The molecule has 1 unspecified atom stereocenters. The van der Waals surface area contributed by atoms with E-state index in [2.05, 4.69) is 15.9 Å². The lowest BCUT2D eigenvalue weighted by atomic mass is 10.0. The predicted molar refractivity (Wildman–Crippen MR) is 43.1 cm³/mol. The third-order valence-electron chi connectivity index (χ3n) is 1.38. The Morgan fingerprint density at radius 2 is 2.50 bits per heavy atom. The van der Waals surface area contributed by atoms with E-state index in [1.807, 2.05) is 6.08 Å². The van der Waals surface area contributed by atoms with Crippen LogP contribution in [0.1, 0.15) is 6.42 Å². The fraction of sp³-hybridized carbons (Fsp3) is 0.286. The van der Waals surface area contributed by atoms with Crippen molar-refractivity contribution in [1.29, 1.82) is 5.41 Å². The lowest BCUT2D eigenvalue weighted by Gasteiger charge is -2.08. The van der Waals surface area contributed by atoms with Crippen LogP contribution in [0, 0.1) is 11.3 Å². The Balaban J connectivity index is 2.60. The summed E-state index contributed by atoms with van der Waals surface area (Å²) in [4.78, 5) is 0. The lowest BCUT2D eigenvalue weighted by molar-refractivity contribution is 0.683. The Kier molecular flexibility index (Phi) is 2.38. The van der Waals surface area contributed by atoms with Crippen LogP contribution < -0.4 is 0 Å². The maximum Gasteiger partial charge on any atom is 0.188 e. The van der Waals surface area contributed by atoms with Crippen LogP contribution in [0.15, 0.2) is 22.7 Å². The Morgan fingerprint density at radius 1 is 1.80 bits per heavy atom. The van der Waals surface area contributed by atoms with E-state index in [1.54, 1.807) is 12.2 Å². The van der Waals surface area contributed by atoms with Gasteiger partial charge in [-0.1, -0.05) is 34.2 Å². The van der Waals surface area contributed by atoms with E-state index < -0.39 is 5.97 Å². The van der Waals surface area contributed by atoms with Crippen molar-refractivity contribution < 1.29 is 4.39 Å². The molecule has 0 aromatic rings. The van der Waals surface area contributed by atoms with Gasteiger partial charge in [0.15, 0.2) is 5.97 Å². The van der Waals surface area contributed by atoms with Gasteiger partial charge in [0.05, 0.1) is 5.92 Å². The van der Waals surface area contributed by atoms with Gasteiger partial charge in [-0.3, -0.25) is 5.41 Å². The molecule has 1 nitrogen and oxygen atoms in total. The highest BCUT2D eigenvalue weighted by Crippen LogP contribution is 2.20. The minimum Gasteiger partial charge on any atom is -0.277 e. The predicted octanol–water partition coefficient (Wildman–Crippen LogP) is 2.79. The van der Waals surface area contributed by atoms with Crippen molar-refractivity contribution in [1.82, 2.24) is 0 Å². The highest BCUT2D eigenvalue weighted by Gasteiger charge is 2.11. The van der Waals surface area contributed by atoms with Crippen molar-refractivity contribution in [3.8, 4) is 0 Å². The number of halogens is 2. The first-order valence-electron chi connectivity index (χ1n) is 2.98. The largest absolute Gasteiger partial charge is 0.277 e. The monoisotopic (exact) mass is 203 g/mol. The second kappa shape index (κ2) is 3.10. The van der Waals surface area contributed by atoms with Gasteiger partial charge >= 0.3 is 0 Å². The molecule has 54 valence electrons. The van der Waals surface area contributed by atoms with Crippen LogP contribution in [-0.4, -0.2) is 5.97 Å². The fourth-order valence-electron chi connectivity index (χ4n) is 0.782. The summed E-state index contributed by atoms with van der Waals surface area (Å²) in [5.41, 5.74) is 0. The molecule has 0 aromatic heterocycles. The molecule has 3 heteroatoms. The van der Waals surface area contributed by atoms with Crippen molar-refractivity contribution >= 4 is 21.9 Å². The molecule has 0 fully saturated rings. The molecule has 1 aliphatic carbocycles. The summed E-state index contributed by atoms with van der Waals surface area (Å²) in [5.74, 6) is -1.09. The van der Waals surface area contributed by atoms with E-state index in [0.717, 1.165) is 4.48 Å².